The van der Waals surface area contributed by atoms with Gasteiger partial charge in [-0.2, -0.15) is 16.9 Å². The van der Waals surface area contributed by atoms with E-state index in [-0.39, 0.29) is 18.9 Å². The Kier molecular flexibility index (Phi) is 10.5. The Morgan fingerprint density at radius 1 is 1.15 bits per heavy atom. The molecule has 0 aromatic carbocycles. The van der Waals surface area contributed by atoms with E-state index in [1.807, 2.05) is 0 Å². The van der Waals surface area contributed by atoms with Crippen molar-refractivity contribution in [3.63, 3.8) is 0 Å². The van der Waals surface area contributed by atoms with E-state index in [0.29, 0.717) is 12.3 Å². The molecule has 2 amide bonds. The van der Waals surface area contributed by atoms with Gasteiger partial charge in [-0.1, -0.05) is 13.8 Å². The lowest BCUT2D eigenvalue weighted by Gasteiger charge is -2.29. The highest BCUT2D eigenvalue weighted by atomic mass is 32.1. The SMILES string of the molecule is CC(C)(COP(=O)(O)OP(=O)(O)O)[C@H](O)C(=O)NCCC(=O)NCCS. The second kappa shape index (κ2) is 10.7. The maximum atomic E-state index is 11.9. The van der Waals surface area contributed by atoms with Crippen LogP contribution in [0.15, 0.2) is 0 Å². The molecule has 0 aliphatic carbocycles. The molecule has 0 radical (unpaired) electrons. The van der Waals surface area contributed by atoms with Crippen molar-refractivity contribution >= 4 is 40.1 Å². The summed E-state index contributed by atoms with van der Waals surface area (Å²) < 4.78 is 30.0. The van der Waals surface area contributed by atoms with Crippen molar-refractivity contribution in [2.45, 2.75) is 26.4 Å². The number of thiol groups is 1. The molecule has 0 saturated heterocycles. The molecule has 6 N–H and O–H groups in total. The normalized spacial score (nSPS) is 15.8. The predicted octanol–water partition coefficient (Wildman–Crippen LogP) is -0.848. The summed E-state index contributed by atoms with van der Waals surface area (Å²) >= 11 is 3.92. The summed E-state index contributed by atoms with van der Waals surface area (Å²) in [5, 5.41) is 14.9. The number of nitrogens with one attached hydrogen (secondary N) is 2. The van der Waals surface area contributed by atoms with Crippen LogP contribution in [0, 0.1) is 5.41 Å². The Morgan fingerprint density at radius 2 is 1.73 bits per heavy atom. The summed E-state index contributed by atoms with van der Waals surface area (Å²) in [5.41, 5.74) is -1.41. The van der Waals surface area contributed by atoms with Crippen LogP contribution in [0.3, 0.4) is 0 Å². The molecule has 0 aromatic rings. The van der Waals surface area contributed by atoms with Crippen LogP contribution in [0.25, 0.3) is 0 Å². The quantitative estimate of drug-likeness (QED) is 0.149. The van der Waals surface area contributed by atoms with Crippen molar-refractivity contribution in [2.24, 2.45) is 5.41 Å². The maximum Gasteiger partial charge on any atom is 0.481 e. The number of phosphoric acid groups is 2. The van der Waals surface area contributed by atoms with Crippen LogP contribution in [0.4, 0.5) is 0 Å². The zero-order chi connectivity index (χ0) is 20.6. The van der Waals surface area contributed by atoms with E-state index in [1.165, 1.54) is 13.8 Å². The Hall–Kier alpha value is -0.490. The van der Waals surface area contributed by atoms with Crippen LogP contribution in [0.5, 0.6) is 0 Å². The number of hydrogen-bond donors (Lipinski definition) is 7. The number of aliphatic hydroxyl groups excluding tert-OH is 1. The number of carbonyl (C=O) groups excluding carboxylic acids is 2. The van der Waals surface area contributed by atoms with Gasteiger partial charge in [0.15, 0.2) is 0 Å². The molecule has 1 unspecified atom stereocenters. The van der Waals surface area contributed by atoms with Gasteiger partial charge in [-0.3, -0.25) is 14.1 Å². The minimum atomic E-state index is -5.27. The lowest BCUT2D eigenvalue weighted by Crippen LogP contribution is -2.46. The highest BCUT2D eigenvalue weighted by molar-refractivity contribution is 7.80. The average Bonchev–Trinajstić information content (AvgIpc) is 2.48. The average molecular weight is 438 g/mol. The first-order valence-corrected chi connectivity index (χ1v) is 10.9. The van der Waals surface area contributed by atoms with Crippen LogP contribution in [-0.2, 0) is 27.6 Å². The van der Waals surface area contributed by atoms with Gasteiger partial charge < -0.3 is 30.4 Å². The van der Waals surface area contributed by atoms with Crippen molar-refractivity contribution in [1.29, 1.82) is 0 Å². The zero-order valence-corrected chi connectivity index (χ0v) is 16.9. The fraction of sp³-hybridized carbons (Fsp3) is 0.818. The molecule has 0 bridgehead atoms. The topological polar surface area (TPSA) is 192 Å². The van der Waals surface area contributed by atoms with Crippen molar-refractivity contribution in [2.75, 3.05) is 25.4 Å². The lowest BCUT2D eigenvalue weighted by atomic mass is 9.87. The van der Waals surface area contributed by atoms with E-state index in [1.54, 1.807) is 0 Å². The van der Waals surface area contributed by atoms with Crippen molar-refractivity contribution in [3.8, 4) is 0 Å². The fourth-order valence-corrected chi connectivity index (χ4v) is 3.39. The molecular formula is C11H24N2O10P2S. The Labute approximate surface area is 155 Å². The molecule has 0 spiro atoms. The molecule has 0 fully saturated rings. The van der Waals surface area contributed by atoms with Gasteiger partial charge >= 0.3 is 15.6 Å². The number of hydrogen-bond acceptors (Lipinski definition) is 8. The van der Waals surface area contributed by atoms with Crippen LogP contribution in [0.1, 0.15) is 20.3 Å². The number of carbonyl (C=O) groups is 2. The minimum absolute atomic E-state index is 0.0227. The van der Waals surface area contributed by atoms with Gasteiger partial charge in [0, 0.05) is 30.7 Å². The smallest absolute Gasteiger partial charge is 0.383 e. The lowest BCUT2D eigenvalue weighted by molar-refractivity contribution is -0.137. The van der Waals surface area contributed by atoms with E-state index >= 15 is 0 Å². The third-order valence-corrected chi connectivity index (χ3v) is 5.24. The van der Waals surface area contributed by atoms with Crippen LogP contribution >= 0.6 is 28.3 Å². The third-order valence-electron chi connectivity index (χ3n) is 2.88. The molecule has 0 saturated carbocycles. The van der Waals surface area contributed by atoms with Gasteiger partial charge in [-0.15, -0.1) is 0 Å². The van der Waals surface area contributed by atoms with Gasteiger partial charge in [-0.25, -0.2) is 9.13 Å². The maximum absolute atomic E-state index is 11.9. The molecule has 0 rings (SSSR count). The van der Waals surface area contributed by atoms with Gasteiger partial charge in [0.1, 0.15) is 6.10 Å². The Balaban J connectivity index is 4.50. The summed E-state index contributed by atoms with van der Waals surface area (Å²) in [6.45, 7) is 2.23. The molecular weight excluding hydrogens is 414 g/mol. The minimum Gasteiger partial charge on any atom is -0.383 e. The van der Waals surface area contributed by atoms with E-state index < -0.39 is 39.7 Å². The molecule has 0 heterocycles. The first-order valence-electron chi connectivity index (χ1n) is 7.28. The fourth-order valence-electron chi connectivity index (χ4n) is 1.52. The van der Waals surface area contributed by atoms with Crippen LogP contribution in [0.2, 0.25) is 0 Å². The number of aliphatic hydroxyl groups is 1. The van der Waals surface area contributed by atoms with Crippen molar-refractivity contribution in [3.05, 3.63) is 0 Å². The van der Waals surface area contributed by atoms with E-state index in [9.17, 15) is 28.7 Å². The molecule has 154 valence electrons. The molecule has 0 aliphatic heterocycles. The first-order chi connectivity index (χ1) is 11.7. The van der Waals surface area contributed by atoms with Crippen LogP contribution < -0.4 is 10.6 Å². The van der Waals surface area contributed by atoms with Crippen molar-refractivity contribution < 1.29 is 47.3 Å². The largest absolute Gasteiger partial charge is 0.481 e. The highest BCUT2D eigenvalue weighted by Crippen LogP contribution is 2.58. The monoisotopic (exact) mass is 438 g/mol. The van der Waals surface area contributed by atoms with Gasteiger partial charge in [0.25, 0.3) is 0 Å². The summed E-state index contributed by atoms with van der Waals surface area (Å²) in [6.07, 6.45) is -1.72. The van der Waals surface area contributed by atoms with E-state index in [0.717, 1.165) is 0 Å². The number of phosphoric ester groups is 1. The second-order valence-corrected chi connectivity index (χ2v) is 9.10. The number of amides is 2. The Bertz CT molecular complexity index is 581. The summed E-state index contributed by atoms with van der Waals surface area (Å²) in [6, 6.07) is 0. The standard InChI is InChI=1S/C11H24N2O10P2S/c1-11(2,7-22-25(20,21)23-24(17,18)19)9(15)10(16)13-4-3-8(14)12-5-6-26/h9,15,26H,3-7H2,1-2H3,(H,12,14)(H,13,16)(H,20,21)(H2,17,18,19)/t9-/m1/s1. The zero-order valence-electron chi connectivity index (χ0n) is 14.2. The molecule has 15 heteroatoms. The molecule has 0 aromatic heterocycles. The number of rotatable bonds is 12. The van der Waals surface area contributed by atoms with Crippen LogP contribution in [-0.4, -0.2) is 63.2 Å². The summed E-state index contributed by atoms with van der Waals surface area (Å²) in [7, 11) is -10.4. The molecule has 2 atom stereocenters. The highest BCUT2D eigenvalue weighted by Gasteiger charge is 2.39. The second-order valence-electron chi connectivity index (χ2n) is 5.82. The van der Waals surface area contributed by atoms with Gasteiger partial charge in [0.2, 0.25) is 11.8 Å². The molecule has 12 nitrogen and oxygen atoms in total. The Morgan fingerprint density at radius 3 is 2.23 bits per heavy atom. The van der Waals surface area contributed by atoms with Gasteiger partial charge in [0.05, 0.1) is 6.61 Å². The summed E-state index contributed by atoms with van der Waals surface area (Å²) in [4.78, 5) is 49.5. The third kappa shape index (κ3) is 11.3. The van der Waals surface area contributed by atoms with Gasteiger partial charge in [-0.05, 0) is 0 Å². The van der Waals surface area contributed by atoms with E-state index in [4.69, 9.17) is 9.79 Å². The molecule has 0 aliphatic rings. The molecule has 26 heavy (non-hydrogen) atoms. The van der Waals surface area contributed by atoms with E-state index in [2.05, 4.69) is 32.1 Å². The first kappa shape index (κ1) is 25.5. The summed E-state index contributed by atoms with van der Waals surface area (Å²) in [5.74, 6) is -0.706. The van der Waals surface area contributed by atoms with Crippen molar-refractivity contribution in [1.82, 2.24) is 10.6 Å². The predicted molar refractivity (Wildman–Crippen MR) is 93.2 cm³/mol.